The Balaban J connectivity index is 3.02. The standard InChI is InChI=1S/C10H23P/c1-5-6-7-8-9-11-10(2,3)4/h11H,5-9H2,1-4H3. The van der Waals surface area contributed by atoms with E-state index in [0.717, 1.165) is 8.58 Å². The van der Waals surface area contributed by atoms with Gasteiger partial charge in [-0.3, -0.25) is 0 Å². The topological polar surface area (TPSA) is 0 Å². The van der Waals surface area contributed by atoms with Crippen LogP contribution >= 0.6 is 8.58 Å². The Morgan fingerprint density at radius 3 is 2.09 bits per heavy atom. The highest BCUT2D eigenvalue weighted by molar-refractivity contribution is 7.39. The molecule has 0 amide bonds. The molecule has 1 atom stereocenters. The molecule has 0 heterocycles. The van der Waals surface area contributed by atoms with Crippen molar-refractivity contribution in [3.63, 3.8) is 0 Å². The molecule has 0 fully saturated rings. The fourth-order valence-electron chi connectivity index (χ4n) is 1.02. The van der Waals surface area contributed by atoms with Crippen molar-refractivity contribution < 1.29 is 0 Å². The van der Waals surface area contributed by atoms with Crippen molar-refractivity contribution in [1.82, 2.24) is 0 Å². The van der Waals surface area contributed by atoms with Gasteiger partial charge in [-0.05, 0) is 17.7 Å². The molecule has 0 aromatic carbocycles. The lowest BCUT2D eigenvalue weighted by atomic mass is 10.2. The Morgan fingerprint density at radius 2 is 1.64 bits per heavy atom. The quantitative estimate of drug-likeness (QED) is 0.436. The van der Waals surface area contributed by atoms with Gasteiger partial charge in [0, 0.05) is 0 Å². The first kappa shape index (κ1) is 11.4. The van der Waals surface area contributed by atoms with Gasteiger partial charge in [-0.25, -0.2) is 0 Å². The second-order valence-electron chi connectivity index (χ2n) is 4.24. The molecule has 0 aromatic rings. The van der Waals surface area contributed by atoms with Crippen molar-refractivity contribution in [2.75, 3.05) is 6.16 Å². The van der Waals surface area contributed by atoms with Gasteiger partial charge in [0.25, 0.3) is 0 Å². The Kier molecular flexibility index (Phi) is 6.24. The highest BCUT2D eigenvalue weighted by Gasteiger charge is 2.07. The van der Waals surface area contributed by atoms with E-state index >= 15 is 0 Å². The third-order valence-electron chi connectivity index (χ3n) is 1.69. The van der Waals surface area contributed by atoms with Gasteiger partial charge < -0.3 is 0 Å². The van der Waals surface area contributed by atoms with Crippen molar-refractivity contribution in [2.24, 2.45) is 0 Å². The van der Waals surface area contributed by atoms with E-state index in [2.05, 4.69) is 27.7 Å². The predicted octanol–water partition coefficient (Wildman–Crippen LogP) is 4.04. The molecule has 1 heteroatoms. The average molecular weight is 174 g/mol. The minimum absolute atomic E-state index is 0.576. The molecule has 0 saturated carbocycles. The van der Waals surface area contributed by atoms with E-state index in [-0.39, 0.29) is 0 Å². The molecular formula is C10H23P. The molecule has 0 nitrogen and oxygen atoms in total. The summed E-state index contributed by atoms with van der Waals surface area (Å²) in [6, 6.07) is 0. The summed E-state index contributed by atoms with van der Waals surface area (Å²) in [5.41, 5.74) is 0. The van der Waals surface area contributed by atoms with Crippen LogP contribution in [0.25, 0.3) is 0 Å². The summed E-state index contributed by atoms with van der Waals surface area (Å²) in [4.78, 5) is 0. The van der Waals surface area contributed by atoms with Crippen molar-refractivity contribution in [3.8, 4) is 0 Å². The lowest BCUT2D eigenvalue weighted by Crippen LogP contribution is -2.05. The first-order chi connectivity index (χ1) is 5.06. The summed E-state index contributed by atoms with van der Waals surface area (Å²) < 4.78 is 0. The third kappa shape index (κ3) is 10.4. The Hall–Kier alpha value is 0.430. The number of rotatable bonds is 5. The van der Waals surface area contributed by atoms with Crippen molar-refractivity contribution in [3.05, 3.63) is 0 Å². The molecule has 0 saturated heterocycles. The zero-order chi connectivity index (χ0) is 8.74. The molecule has 0 N–H and O–H groups in total. The van der Waals surface area contributed by atoms with Crippen LogP contribution in [0.3, 0.4) is 0 Å². The first-order valence-corrected chi connectivity index (χ1v) is 6.02. The third-order valence-corrected chi connectivity index (χ3v) is 3.35. The van der Waals surface area contributed by atoms with Crippen LogP contribution < -0.4 is 0 Å². The molecule has 0 bridgehead atoms. The van der Waals surface area contributed by atoms with Gasteiger partial charge in [-0.1, -0.05) is 47.0 Å². The summed E-state index contributed by atoms with van der Waals surface area (Å²) in [5, 5.41) is 0.576. The van der Waals surface area contributed by atoms with Crippen molar-refractivity contribution in [2.45, 2.75) is 58.5 Å². The lowest BCUT2D eigenvalue weighted by Gasteiger charge is -2.17. The summed E-state index contributed by atoms with van der Waals surface area (Å²) in [6.45, 7) is 9.29. The summed E-state index contributed by atoms with van der Waals surface area (Å²) >= 11 is 0. The maximum absolute atomic E-state index is 2.34. The zero-order valence-electron chi connectivity index (χ0n) is 8.54. The van der Waals surface area contributed by atoms with Crippen LogP contribution in [0.5, 0.6) is 0 Å². The fraction of sp³-hybridized carbons (Fsp3) is 1.00. The summed E-state index contributed by atoms with van der Waals surface area (Å²) in [7, 11) is 1.15. The first-order valence-electron chi connectivity index (χ1n) is 4.81. The normalized spacial score (nSPS) is 13.1. The Bertz CT molecular complexity index is 81.4. The van der Waals surface area contributed by atoms with Gasteiger partial charge in [0.2, 0.25) is 0 Å². The summed E-state index contributed by atoms with van der Waals surface area (Å²) in [5.74, 6) is 0. The second-order valence-corrected chi connectivity index (χ2v) is 6.59. The van der Waals surface area contributed by atoms with Crippen LogP contribution in [-0.4, -0.2) is 11.3 Å². The van der Waals surface area contributed by atoms with Gasteiger partial charge in [-0.2, -0.15) is 0 Å². The van der Waals surface area contributed by atoms with Gasteiger partial charge >= 0.3 is 0 Å². The van der Waals surface area contributed by atoms with Crippen molar-refractivity contribution in [1.29, 1.82) is 0 Å². The molecule has 0 rings (SSSR count). The van der Waals surface area contributed by atoms with E-state index in [1.807, 2.05) is 0 Å². The van der Waals surface area contributed by atoms with Gasteiger partial charge in [0.15, 0.2) is 0 Å². The molecule has 11 heavy (non-hydrogen) atoms. The lowest BCUT2D eigenvalue weighted by molar-refractivity contribution is 0.700. The highest BCUT2D eigenvalue weighted by atomic mass is 31.1. The molecular weight excluding hydrogens is 151 g/mol. The molecule has 0 aliphatic rings. The predicted molar refractivity (Wildman–Crippen MR) is 57.1 cm³/mol. The fourth-order valence-corrected chi connectivity index (χ4v) is 2.19. The van der Waals surface area contributed by atoms with Gasteiger partial charge in [-0.15, -0.1) is 8.58 Å². The monoisotopic (exact) mass is 174 g/mol. The Labute approximate surface area is 73.9 Å². The molecule has 0 aliphatic heterocycles. The van der Waals surface area contributed by atoms with E-state index in [0.29, 0.717) is 5.16 Å². The van der Waals surface area contributed by atoms with E-state index < -0.39 is 0 Å². The van der Waals surface area contributed by atoms with Crippen LogP contribution in [0.4, 0.5) is 0 Å². The van der Waals surface area contributed by atoms with Crippen LogP contribution in [0.1, 0.15) is 53.4 Å². The smallest absolute Gasteiger partial charge is 0.0207 e. The van der Waals surface area contributed by atoms with E-state index in [1.54, 1.807) is 0 Å². The Morgan fingerprint density at radius 1 is 1.00 bits per heavy atom. The SMILES string of the molecule is CCCCCCPC(C)(C)C. The van der Waals surface area contributed by atoms with E-state index in [9.17, 15) is 0 Å². The highest BCUT2D eigenvalue weighted by Crippen LogP contribution is 2.31. The minimum atomic E-state index is 0.576. The van der Waals surface area contributed by atoms with Crippen LogP contribution in [0.15, 0.2) is 0 Å². The van der Waals surface area contributed by atoms with Crippen LogP contribution in [0, 0.1) is 0 Å². The van der Waals surface area contributed by atoms with Crippen LogP contribution in [0.2, 0.25) is 0 Å². The molecule has 0 spiro atoms. The largest absolute Gasteiger partial charge is 0.117 e. The van der Waals surface area contributed by atoms with Gasteiger partial charge in [0.05, 0.1) is 0 Å². The number of unbranched alkanes of at least 4 members (excludes halogenated alkanes) is 3. The maximum atomic E-state index is 2.34. The zero-order valence-corrected chi connectivity index (χ0v) is 9.54. The molecule has 1 unspecified atom stereocenters. The maximum Gasteiger partial charge on any atom is -0.0207 e. The molecule has 68 valence electrons. The average Bonchev–Trinajstić information content (AvgIpc) is 1.85. The molecule has 0 aromatic heterocycles. The number of hydrogen-bond donors (Lipinski definition) is 0. The van der Waals surface area contributed by atoms with Gasteiger partial charge in [0.1, 0.15) is 0 Å². The van der Waals surface area contributed by atoms with E-state index in [4.69, 9.17) is 0 Å². The minimum Gasteiger partial charge on any atom is -0.117 e. The van der Waals surface area contributed by atoms with Crippen molar-refractivity contribution >= 4 is 8.58 Å². The van der Waals surface area contributed by atoms with E-state index in [1.165, 1.54) is 31.8 Å². The number of hydrogen-bond acceptors (Lipinski definition) is 0. The molecule has 0 radical (unpaired) electrons. The summed E-state index contributed by atoms with van der Waals surface area (Å²) in [6.07, 6.45) is 7.12. The second kappa shape index (κ2) is 6.00. The molecule has 0 aliphatic carbocycles. The van der Waals surface area contributed by atoms with Crippen LogP contribution in [-0.2, 0) is 0 Å².